The number of fused-ring (bicyclic) bond motifs is 1. The molecular formula is C20H17N5O4. The first-order valence-corrected chi connectivity index (χ1v) is 8.86. The quantitative estimate of drug-likeness (QED) is 0.399. The van der Waals surface area contributed by atoms with E-state index in [1.54, 1.807) is 25.2 Å². The molecule has 0 aliphatic carbocycles. The van der Waals surface area contributed by atoms with Crippen molar-refractivity contribution in [1.82, 2.24) is 19.7 Å². The zero-order valence-electron chi connectivity index (χ0n) is 15.5. The number of rotatable bonds is 6. The molecule has 4 aromatic rings. The Kier molecular flexibility index (Phi) is 4.78. The topological polar surface area (TPSA) is 116 Å². The van der Waals surface area contributed by atoms with Crippen LogP contribution in [0.15, 0.2) is 59.5 Å². The number of H-pyrrole nitrogens is 1. The monoisotopic (exact) mass is 391 g/mol. The fraction of sp³-hybridized carbons (Fsp3) is 0.150. The zero-order chi connectivity index (χ0) is 20.4. The molecule has 0 amide bonds. The van der Waals surface area contributed by atoms with E-state index in [-0.39, 0.29) is 18.1 Å². The van der Waals surface area contributed by atoms with Gasteiger partial charge in [0, 0.05) is 6.42 Å². The van der Waals surface area contributed by atoms with Gasteiger partial charge in [0.1, 0.15) is 18.6 Å². The molecule has 0 spiro atoms. The summed E-state index contributed by atoms with van der Waals surface area (Å²) in [7, 11) is 1.56. The van der Waals surface area contributed by atoms with Crippen molar-refractivity contribution >= 4 is 16.7 Å². The normalized spacial score (nSPS) is 10.9. The summed E-state index contributed by atoms with van der Waals surface area (Å²) in [5.74, 6) is 0.222. The third-order valence-corrected chi connectivity index (χ3v) is 4.66. The van der Waals surface area contributed by atoms with Crippen molar-refractivity contribution in [1.29, 1.82) is 0 Å². The second-order valence-corrected chi connectivity index (χ2v) is 6.49. The maximum Gasteiger partial charge on any atom is 0.434 e. The number of nitrogens with zero attached hydrogens (tertiary/aromatic N) is 4. The number of hydrogen-bond donors (Lipinski definition) is 1. The minimum Gasteiger partial charge on any atom is -0.485 e. The molecule has 0 aliphatic heterocycles. The van der Waals surface area contributed by atoms with Crippen LogP contribution in [0.5, 0.6) is 5.75 Å². The summed E-state index contributed by atoms with van der Waals surface area (Å²) in [5.41, 5.74) is 1.96. The predicted octanol–water partition coefficient (Wildman–Crippen LogP) is 2.73. The van der Waals surface area contributed by atoms with E-state index in [2.05, 4.69) is 15.2 Å². The first-order chi connectivity index (χ1) is 14.0. The van der Waals surface area contributed by atoms with Crippen LogP contribution >= 0.6 is 0 Å². The van der Waals surface area contributed by atoms with Crippen molar-refractivity contribution in [3.63, 3.8) is 0 Å². The molecule has 146 valence electrons. The summed E-state index contributed by atoms with van der Waals surface area (Å²) in [6.45, 7) is 0.0635. The Hall–Kier alpha value is -4.01. The molecule has 0 fully saturated rings. The second kappa shape index (κ2) is 7.55. The Morgan fingerprint density at radius 3 is 2.69 bits per heavy atom. The molecular weight excluding hydrogens is 374 g/mol. The summed E-state index contributed by atoms with van der Waals surface area (Å²) in [5, 5.41) is 18.8. The Balaban J connectivity index is 1.72. The number of nitrogens with one attached hydrogen (secondary N) is 1. The fourth-order valence-electron chi connectivity index (χ4n) is 3.18. The van der Waals surface area contributed by atoms with Gasteiger partial charge in [0.15, 0.2) is 5.69 Å². The zero-order valence-corrected chi connectivity index (χ0v) is 15.5. The number of nitro groups is 1. The first kappa shape index (κ1) is 18.4. The summed E-state index contributed by atoms with van der Waals surface area (Å²) >= 11 is 0. The van der Waals surface area contributed by atoms with Gasteiger partial charge in [-0.2, -0.15) is 5.10 Å². The highest BCUT2D eigenvalue weighted by atomic mass is 16.6. The van der Waals surface area contributed by atoms with Gasteiger partial charge in [0.05, 0.1) is 23.5 Å². The highest BCUT2D eigenvalue weighted by molar-refractivity contribution is 5.89. The molecule has 0 aliphatic rings. The Labute approximate surface area is 164 Å². The van der Waals surface area contributed by atoms with E-state index < -0.39 is 4.92 Å². The minimum absolute atomic E-state index is 0.0635. The van der Waals surface area contributed by atoms with Crippen molar-refractivity contribution in [2.24, 2.45) is 7.05 Å². The average molecular weight is 391 g/mol. The standard InChI is InChI=1S/C20H17N5O4/c1-24-14(11-21-20(24)25(27)28)12-29-17-9-5-8-15-18(17)16(22-23-19(15)26)10-13-6-3-2-4-7-13/h2-9,11H,10,12H2,1H3,(H,23,26). The molecule has 0 radical (unpaired) electrons. The van der Waals surface area contributed by atoms with E-state index in [1.165, 1.54) is 10.8 Å². The SMILES string of the molecule is Cn1c(COc2cccc3c(=O)[nH]nc(Cc4ccccc4)c23)cnc1[N+](=O)[O-]. The largest absolute Gasteiger partial charge is 0.485 e. The van der Waals surface area contributed by atoms with Crippen LogP contribution in [0.25, 0.3) is 10.8 Å². The van der Waals surface area contributed by atoms with E-state index >= 15 is 0 Å². The predicted molar refractivity (Wildman–Crippen MR) is 106 cm³/mol. The van der Waals surface area contributed by atoms with Crippen LogP contribution in [-0.4, -0.2) is 24.7 Å². The van der Waals surface area contributed by atoms with Crippen LogP contribution in [-0.2, 0) is 20.1 Å². The molecule has 0 atom stereocenters. The molecule has 2 aromatic heterocycles. The summed E-state index contributed by atoms with van der Waals surface area (Å²) in [6, 6.07) is 15.0. The van der Waals surface area contributed by atoms with Gasteiger partial charge in [-0.05, 0) is 22.6 Å². The lowest BCUT2D eigenvalue weighted by molar-refractivity contribution is -0.396. The van der Waals surface area contributed by atoms with Gasteiger partial charge in [-0.15, -0.1) is 0 Å². The first-order valence-electron chi connectivity index (χ1n) is 8.86. The smallest absolute Gasteiger partial charge is 0.434 e. The molecule has 9 heteroatoms. The Bertz CT molecular complexity index is 1250. The van der Waals surface area contributed by atoms with Crippen LogP contribution in [0.2, 0.25) is 0 Å². The van der Waals surface area contributed by atoms with Gasteiger partial charge in [-0.1, -0.05) is 41.4 Å². The van der Waals surface area contributed by atoms with E-state index in [0.717, 1.165) is 5.56 Å². The van der Waals surface area contributed by atoms with Gasteiger partial charge in [0.2, 0.25) is 0 Å². The maximum atomic E-state index is 12.3. The van der Waals surface area contributed by atoms with E-state index in [9.17, 15) is 14.9 Å². The lowest BCUT2D eigenvalue weighted by atomic mass is 10.0. The van der Waals surface area contributed by atoms with Crippen LogP contribution in [0.3, 0.4) is 0 Å². The molecule has 2 heterocycles. The number of aromatic amines is 1. The lowest BCUT2D eigenvalue weighted by Gasteiger charge is -2.11. The molecule has 9 nitrogen and oxygen atoms in total. The number of benzene rings is 2. The number of imidazole rings is 1. The van der Waals surface area contributed by atoms with Gasteiger partial charge < -0.3 is 14.9 Å². The van der Waals surface area contributed by atoms with Gasteiger partial charge in [-0.25, -0.2) is 9.67 Å². The molecule has 4 rings (SSSR count). The fourth-order valence-corrected chi connectivity index (χ4v) is 3.18. The van der Waals surface area contributed by atoms with Crippen LogP contribution < -0.4 is 10.3 Å². The van der Waals surface area contributed by atoms with Crippen molar-refractivity contribution in [3.05, 3.63) is 92.1 Å². The minimum atomic E-state index is -0.553. The summed E-state index contributed by atoms with van der Waals surface area (Å²) in [4.78, 5) is 26.5. The Morgan fingerprint density at radius 1 is 1.17 bits per heavy atom. The molecule has 29 heavy (non-hydrogen) atoms. The van der Waals surface area contributed by atoms with Crippen molar-refractivity contribution in [3.8, 4) is 5.75 Å². The summed E-state index contributed by atoms with van der Waals surface area (Å²) in [6.07, 6.45) is 1.92. The van der Waals surface area contributed by atoms with Crippen molar-refractivity contribution in [2.45, 2.75) is 13.0 Å². The molecule has 2 aromatic carbocycles. The van der Waals surface area contributed by atoms with Crippen LogP contribution in [0, 0.1) is 10.1 Å². The number of hydrogen-bond acceptors (Lipinski definition) is 6. The Morgan fingerprint density at radius 2 is 1.97 bits per heavy atom. The van der Waals surface area contributed by atoms with Crippen LogP contribution in [0.4, 0.5) is 5.95 Å². The molecule has 0 unspecified atom stereocenters. The molecule has 1 N–H and O–H groups in total. The third kappa shape index (κ3) is 3.57. The molecule has 0 saturated heterocycles. The van der Waals surface area contributed by atoms with E-state index in [4.69, 9.17) is 4.74 Å². The van der Waals surface area contributed by atoms with E-state index in [1.807, 2.05) is 30.3 Å². The highest BCUT2D eigenvalue weighted by Gasteiger charge is 2.19. The van der Waals surface area contributed by atoms with Crippen molar-refractivity contribution < 1.29 is 9.66 Å². The van der Waals surface area contributed by atoms with Crippen LogP contribution in [0.1, 0.15) is 17.0 Å². The third-order valence-electron chi connectivity index (χ3n) is 4.66. The highest BCUT2D eigenvalue weighted by Crippen LogP contribution is 2.28. The molecule has 0 saturated carbocycles. The second-order valence-electron chi connectivity index (χ2n) is 6.49. The van der Waals surface area contributed by atoms with Gasteiger partial charge >= 0.3 is 5.95 Å². The molecule has 0 bridgehead atoms. The van der Waals surface area contributed by atoms with E-state index in [0.29, 0.717) is 34.3 Å². The van der Waals surface area contributed by atoms with Crippen molar-refractivity contribution in [2.75, 3.05) is 0 Å². The average Bonchev–Trinajstić information content (AvgIpc) is 3.10. The number of aromatic nitrogens is 4. The maximum absolute atomic E-state index is 12.3. The summed E-state index contributed by atoms with van der Waals surface area (Å²) < 4.78 is 7.30. The lowest BCUT2D eigenvalue weighted by Crippen LogP contribution is -2.12. The van der Waals surface area contributed by atoms with Gasteiger partial charge in [-0.3, -0.25) is 4.79 Å². The number of ether oxygens (including phenoxy) is 1. The van der Waals surface area contributed by atoms with Gasteiger partial charge in [0.25, 0.3) is 5.56 Å².